The van der Waals surface area contributed by atoms with Crippen molar-refractivity contribution in [3.8, 4) is 0 Å². The molecule has 2 aliphatic carbocycles. The van der Waals surface area contributed by atoms with Crippen molar-refractivity contribution in [3.05, 3.63) is 0 Å². The van der Waals surface area contributed by atoms with Crippen LogP contribution in [0.2, 0.25) is 0 Å². The van der Waals surface area contributed by atoms with Crippen molar-refractivity contribution in [1.82, 2.24) is 0 Å². The van der Waals surface area contributed by atoms with Crippen LogP contribution in [0.1, 0.15) is 67.2 Å². The standard InChI is InChI=1S/C18H34/c1-7-18-12(3)9-17(15(18)6)10-16-8-11(2)13(4)14(16)5/h11-18H,7-10H2,1-6H3. The third-order valence-electron chi connectivity index (χ3n) is 7.05. The normalized spacial score (nSPS) is 53.0. The van der Waals surface area contributed by atoms with Gasteiger partial charge in [0.2, 0.25) is 0 Å². The van der Waals surface area contributed by atoms with E-state index in [0.717, 1.165) is 47.3 Å². The first-order valence-corrected chi connectivity index (χ1v) is 8.45. The highest BCUT2D eigenvalue weighted by atomic mass is 14.5. The predicted molar refractivity (Wildman–Crippen MR) is 80.4 cm³/mol. The van der Waals surface area contributed by atoms with Gasteiger partial charge in [0.05, 0.1) is 0 Å². The molecule has 2 saturated carbocycles. The van der Waals surface area contributed by atoms with Crippen molar-refractivity contribution in [2.45, 2.75) is 67.2 Å². The molecule has 0 nitrogen and oxygen atoms in total. The molecule has 2 rings (SSSR count). The van der Waals surface area contributed by atoms with Gasteiger partial charge >= 0.3 is 0 Å². The molecule has 0 aromatic rings. The highest BCUT2D eigenvalue weighted by Crippen LogP contribution is 2.50. The Hall–Kier alpha value is 0. The minimum Gasteiger partial charge on any atom is -0.0651 e. The summed E-state index contributed by atoms with van der Waals surface area (Å²) < 4.78 is 0. The van der Waals surface area contributed by atoms with Gasteiger partial charge in [-0.05, 0) is 66.6 Å². The lowest BCUT2D eigenvalue weighted by Gasteiger charge is -2.25. The van der Waals surface area contributed by atoms with E-state index < -0.39 is 0 Å². The Morgan fingerprint density at radius 3 is 1.72 bits per heavy atom. The lowest BCUT2D eigenvalue weighted by Crippen LogP contribution is -2.18. The van der Waals surface area contributed by atoms with Gasteiger partial charge in [0, 0.05) is 0 Å². The van der Waals surface area contributed by atoms with Crippen molar-refractivity contribution in [2.24, 2.45) is 47.3 Å². The lowest BCUT2D eigenvalue weighted by atomic mass is 9.80. The third-order valence-corrected chi connectivity index (χ3v) is 7.05. The highest BCUT2D eigenvalue weighted by molar-refractivity contribution is 4.91. The maximum absolute atomic E-state index is 2.54. The summed E-state index contributed by atoms with van der Waals surface area (Å²) in [6.45, 7) is 14.9. The van der Waals surface area contributed by atoms with E-state index in [2.05, 4.69) is 41.5 Å². The average molecular weight is 250 g/mol. The average Bonchev–Trinajstić information content (AvgIpc) is 2.72. The van der Waals surface area contributed by atoms with Crippen LogP contribution in [-0.4, -0.2) is 0 Å². The van der Waals surface area contributed by atoms with E-state index in [1.807, 2.05) is 0 Å². The molecule has 8 atom stereocenters. The smallest absolute Gasteiger partial charge is 0.0363 e. The topological polar surface area (TPSA) is 0 Å². The Morgan fingerprint density at radius 2 is 1.28 bits per heavy atom. The summed E-state index contributed by atoms with van der Waals surface area (Å²) in [5.74, 6) is 7.86. The van der Waals surface area contributed by atoms with Crippen LogP contribution >= 0.6 is 0 Å². The zero-order valence-corrected chi connectivity index (χ0v) is 13.4. The minimum atomic E-state index is 0.950. The van der Waals surface area contributed by atoms with Crippen molar-refractivity contribution in [1.29, 1.82) is 0 Å². The number of hydrogen-bond acceptors (Lipinski definition) is 0. The molecule has 2 fully saturated rings. The summed E-state index contributed by atoms with van der Waals surface area (Å²) in [7, 11) is 0. The van der Waals surface area contributed by atoms with Gasteiger partial charge in [-0.1, -0.05) is 48.0 Å². The molecule has 0 saturated heterocycles. The number of rotatable bonds is 3. The van der Waals surface area contributed by atoms with Crippen molar-refractivity contribution in [2.75, 3.05) is 0 Å². The van der Waals surface area contributed by atoms with Crippen LogP contribution in [0.4, 0.5) is 0 Å². The molecular weight excluding hydrogens is 216 g/mol. The second-order valence-corrected chi connectivity index (χ2v) is 7.83. The minimum absolute atomic E-state index is 0.950. The monoisotopic (exact) mass is 250 g/mol. The van der Waals surface area contributed by atoms with Gasteiger partial charge < -0.3 is 0 Å². The van der Waals surface area contributed by atoms with Crippen LogP contribution in [0.25, 0.3) is 0 Å². The zero-order chi connectivity index (χ0) is 13.4. The first-order valence-electron chi connectivity index (χ1n) is 8.45. The Morgan fingerprint density at radius 1 is 0.722 bits per heavy atom. The van der Waals surface area contributed by atoms with E-state index in [1.54, 1.807) is 0 Å². The maximum Gasteiger partial charge on any atom is -0.0363 e. The first kappa shape index (κ1) is 14.4. The van der Waals surface area contributed by atoms with Crippen molar-refractivity contribution in [3.63, 3.8) is 0 Å². The first-order chi connectivity index (χ1) is 8.45. The second kappa shape index (κ2) is 5.55. The fraction of sp³-hybridized carbons (Fsp3) is 1.00. The predicted octanol–water partition coefficient (Wildman–Crippen LogP) is 5.62. The molecule has 18 heavy (non-hydrogen) atoms. The Kier molecular flexibility index (Phi) is 4.44. The molecule has 0 heteroatoms. The molecular formula is C18H34. The maximum atomic E-state index is 2.54. The van der Waals surface area contributed by atoms with E-state index in [0.29, 0.717) is 0 Å². The summed E-state index contributed by atoms with van der Waals surface area (Å²) >= 11 is 0. The van der Waals surface area contributed by atoms with Crippen LogP contribution < -0.4 is 0 Å². The molecule has 0 spiro atoms. The zero-order valence-electron chi connectivity index (χ0n) is 13.4. The van der Waals surface area contributed by atoms with Crippen molar-refractivity contribution >= 4 is 0 Å². The fourth-order valence-corrected chi connectivity index (χ4v) is 5.37. The molecule has 0 aromatic heterocycles. The van der Waals surface area contributed by atoms with Gasteiger partial charge in [-0.15, -0.1) is 0 Å². The van der Waals surface area contributed by atoms with Gasteiger partial charge in [0.1, 0.15) is 0 Å². The molecule has 106 valence electrons. The van der Waals surface area contributed by atoms with Gasteiger partial charge in [0.15, 0.2) is 0 Å². The molecule has 8 unspecified atom stereocenters. The van der Waals surface area contributed by atoms with E-state index in [-0.39, 0.29) is 0 Å². The molecule has 0 bridgehead atoms. The Balaban J connectivity index is 1.95. The lowest BCUT2D eigenvalue weighted by molar-refractivity contribution is 0.239. The molecule has 0 aliphatic heterocycles. The molecule has 0 amide bonds. The van der Waals surface area contributed by atoms with Crippen LogP contribution in [0, 0.1) is 47.3 Å². The van der Waals surface area contributed by atoms with Crippen LogP contribution in [0.3, 0.4) is 0 Å². The van der Waals surface area contributed by atoms with E-state index >= 15 is 0 Å². The highest BCUT2D eigenvalue weighted by Gasteiger charge is 2.41. The van der Waals surface area contributed by atoms with Crippen LogP contribution in [-0.2, 0) is 0 Å². The second-order valence-electron chi connectivity index (χ2n) is 7.83. The quantitative estimate of drug-likeness (QED) is 0.609. The van der Waals surface area contributed by atoms with Crippen molar-refractivity contribution < 1.29 is 0 Å². The van der Waals surface area contributed by atoms with E-state index in [1.165, 1.54) is 25.7 Å². The summed E-state index contributed by atoms with van der Waals surface area (Å²) in [5, 5.41) is 0. The fourth-order valence-electron chi connectivity index (χ4n) is 5.37. The van der Waals surface area contributed by atoms with Gasteiger partial charge in [-0.2, -0.15) is 0 Å². The van der Waals surface area contributed by atoms with Gasteiger partial charge in [0.25, 0.3) is 0 Å². The Labute approximate surface area is 115 Å². The van der Waals surface area contributed by atoms with Crippen LogP contribution in [0.5, 0.6) is 0 Å². The molecule has 2 aliphatic rings. The summed E-state index contributed by atoms with van der Waals surface area (Å²) in [5.41, 5.74) is 0. The summed E-state index contributed by atoms with van der Waals surface area (Å²) in [6.07, 6.45) is 5.92. The third kappa shape index (κ3) is 2.49. The summed E-state index contributed by atoms with van der Waals surface area (Å²) in [4.78, 5) is 0. The molecule has 0 aromatic carbocycles. The van der Waals surface area contributed by atoms with Crippen LogP contribution in [0.15, 0.2) is 0 Å². The largest absolute Gasteiger partial charge is 0.0651 e. The SMILES string of the molecule is CCC1C(C)CC(CC2CC(C)C(C)C2C)C1C. The van der Waals surface area contributed by atoms with Gasteiger partial charge in [-0.25, -0.2) is 0 Å². The Bertz CT molecular complexity index is 269. The molecule has 0 N–H and O–H groups in total. The summed E-state index contributed by atoms with van der Waals surface area (Å²) in [6, 6.07) is 0. The molecule has 0 radical (unpaired) electrons. The van der Waals surface area contributed by atoms with E-state index in [9.17, 15) is 0 Å². The van der Waals surface area contributed by atoms with Gasteiger partial charge in [-0.3, -0.25) is 0 Å². The van der Waals surface area contributed by atoms with E-state index in [4.69, 9.17) is 0 Å². The number of hydrogen-bond donors (Lipinski definition) is 0. The molecule has 0 heterocycles.